The van der Waals surface area contributed by atoms with Crippen molar-refractivity contribution in [1.82, 2.24) is 19.8 Å². The molecule has 8 nitrogen and oxygen atoms in total. The summed E-state index contributed by atoms with van der Waals surface area (Å²) in [5.74, 6) is 1.16. The van der Waals surface area contributed by atoms with Gasteiger partial charge in [0.2, 0.25) is 5.91 Å². The largest absolute Gasteiger partial charge is 0.493 e. The van der Waals surface area contributed by atoms with Crippen molar-refractivity contribution >= 4 is 29.2 Å². The number of ether oxygens (including phenoxy) is 2. The molecule has 0 aliphatic carbocycles. The Kier molecular flexibility index (Phi) is 7.65. The molecule has 3 rings (SSSR count). The molecule has 1 fully saturated rings. The van der Waals surface area contributed by atoms with E-state index in [9.17, 15) is 9.59 Å². The van der Waals surface area contributed by atoms with Crippen molar-refractivity contribution in [2.45, 2.75) is 32.4 Å². The minimum Gasteiger partial charge on any atom is -0.493 e. The van der Waals surface area contributed by atoms with Crippen molar-refractivity contribution in [2.24, 2.45) is 0 Å². The fourth-order valence-electron chi connectivity index (χ4n) is 3.40. The number of fused-ring (bicyclic) bond motifs is 1. The van der Waals surface area contributed by atoms with E-state index in [1.807, 2.05) is 11.8 Å². The van der Waals surface area contributed by atoms with Crippen molar-refractivity contribution in [1.29, 1.82) is 0 Å². The Morgan fingerprint density at radius 3 is 2.68 bits per heavy atom. The van der Waals surface area contributed by atoms with Crippen LogP contribution in [0.25, 0.3) is 10.9 Å². The van der Waals surface area contributed by atoms with Gasteiger partial charge in [-0.3, -0.25) is 14.2 Å². The molecule has 1 unspecified atom stereocenters. The molecule has 0 saturated carbocycles. The van der Waals surface area contributed by atoms with Gasteiger partial charge in [-0.2, -0.15) is 0 Å². The first kappa shape index (κ1) is 22.0. The fourth-order valence-corrected chi connectivity index (χ4v) is 3.40. The molecule has 0 spiro atoms. The lowest BCUT2D eigenvalue weighted by Gasteiger charge is -2.34. The normalized spacial score (nSPS) is 16.5. The number of benzene rings is 1. The molecule has 1 aliphatic heterocycles. The van der Waals surface area contributed by atoms with E-state index in [-0.39, 0.29) is 29.9 Å². The lowest BCUT2D eigenvalue weighted by Crippen LogP contribution is -2.52. The number of halogens is 1. The number of piperazine rings is 1. The molecule has 1 saturated heterocycles. The first-order valence-electron chi connectivity index (χ1n) is 9.16. The third-order valence-electron chi connectivity index (χ3n) is 4.94. The van der Waals surface area contributed by atoms with E-state index in [1.54, 1.807) is 23.8 Å². The highest BCUT2D eigenvalue weighted by Gasteiger charge is 2.22. The molecule has 0 radical (unpaired) electrons. The highest BCUT2D eigenvalue weighted by molar-refractivity contribution is 5.85. The Bertz CT molecular complexity index is 886. The third kappa shape index (κ3) is 4.56. The summed E-state index contributed by atoms with van der Waals surface area (Å²) >= 11 is 0. The average Bonchev–Trinajstić information content (AvgIpc) is 2.69. The number of hydrogen-bond donors (Lipinski definition) is 1. The molecule has 2 heterocycles. The zero-order valence-electron chi connectivity index (χ0n) is 16.4. The zero-order valence-corrected chi connectivity index (χ0v) is 17.3. The maximum absolute atomic E-state index is 12.7. The summed E-state index contributed by atoms with van der Waals surface area (Å²) in [5, 5.41) is 3.75. The monoisotopic (exact) mass is 410 g/mol. The predicted octanol–water partition coefficient (Wildman–Crippen LogP) is 1.44. The van der Waals surface area contributed by atoms with Crippen LogP contribution in [-0.2, 0) is 11.3 Å². The number of aryl methyl sites for hydroxylation is 1. The third-order valence-corrected chi connectivity index (χ3v) is 4.94. The van der Waals surface area contributed by atoms with Crippen molar-refractivity contribution in [3.63, 3.8) is 0 Å². The van der Waals surface area contributed by atoms with Gasteiger partial charge in [-0.1, -0.05) is 0 Å². The number of carbonyl (C=O) groups excluding carboxylic acids is 1. The van der Waals surface area contributed by atoms with Crippen molar-refractivity contribution in [3.05, 3.63) is 28.8 Å². The van der Waals surface area contributed by atoms with Crippen molar-refractivity contribution < 1.29 is 14.3 Å². The molecule has 1 aromatic heterocycles. The lowest BCUT2D eigenvalue weighted by atomic mass is 10.2. The molecule has 1 aliphatic rings. The number of carbonyl (C=O) groups is 1. The number of nitrogens with one attached hydrogen (secondary N) is 1. The van der Waals surface area contributed by atoms with Gasteiger partial charge in [0.25, 0.3) is 5.56 Å². The van der Waals surface area contributed by atoms with Crippen LogP contribution >= 0.6 is 12.4 Å². The van der Waals surface area contributed by atoms with Crippen molar-refractivity contribution in [2.75, 3.05) is 33.9 Å². The average molecular weight is 411 g/mol. The Labute approximate surface area is 170 Å². The molecule has 1 amide bonds. The maximum atomic E-state index is 12.7. The smallest absolute Gasteiger partial charge is 0.261 e. The zero-order chi connectivity index (χ0) is 19.4. The second-order valence-electron chi connectivity index (χ2n) is 6.71. The second kappa shape index (κ2) is 9.75. The van der Waals surface area contributed by atoms with Crippen LogP contribution in [0.3, 0.4) is 0 Å². The number of hydrogen-bond acceptors (Lipinski definition) is 6. The Morgan fingerprint density at radius 2 is 2.00 bits per heavy atom. The summed E-state index contributed by atoms with van der Waals surface area (Å²) in [6, 6.07) is 3.54. The van der Waals surface area contributed by atoms with E-state index in [4.69, 9.17) is 9.47 Å². The molecule has 28 heavy (non-hydrogen) atoms. The SMILES string of the molecule is COc1cc2ncn(CCCC(=O)N3CCNCC3C)c(=O)c2cc1OC.Cl. The van der Waals surface area contributed by atoms with E-state index >= 15 is 0 Å². The summed E-state index contributed by atoms with van der Waals surface area (Å²) in [4.78, 5) is 31.4. The van der Waals surface area contributed by atoms with E-state index in [1.165, 1.54) is 13.4 Å². The van der Waals surface area contributed by atoms with E-state index in [0.29, 0.717) is 41.8 Å². The summed E-state index contributed by atoms with van der Waals surface area (Å²) in [5.41, 5.74) is 0.406. The predicted molar refractivity (Wildman–Crippen MR) is 110 cm³/mol. The van der Waals surface area contributed by atoms with E-state index < -0.39 is 0 Å². The summed E-state index contributed by atoms with van der Waals surface area (Å²) in [7, 11) is 3.07. The summed E-state index contributed by atoms with van der Waals surface area (Å²) < 4.78 is 12.1. The van der Waals surface area contributed by atoms with Gasteiger partial charge in [-0.15, -0.1) is 12.4 Å². The van der Waals surface area contributed by atoms with Gasteiger partial charge in [0.15, 0.2) is 11.5 Å². The number of nitrogens with zero attached hydrogens (tertiary/aromatic N) is 3. The van der Waals surface area contributed by atoms with Crippen molar-refractivity contribution in [3.8, 4) is 11.5 Å². The summed E-state index contributed by atoms with van der Waals surface area (Å²) in [6.07, 6.45) is 2.53. The summed E-state index contributed by atoms with van der Waals surface area (Å²) in [6.45, 7) is 4.88. The molecule has 1 aromatic carbocycles. The van der Waals surface area contributed by atoms with Crippen LogP contribution in [0.4, 0.5) is 0 Å². The molecule has 0 bridgehead atoms. The van der Waals surface area contributed by atoms with Gasteiger partial charge >= 0.3 is 0 Å². The number of methoxy groups -OCH3 is 2. The van der Waals surface area contributed by atoms with Crippen LogP contribution in [0.5, 0.6) is 11.5 Å². The fraction of sp³-hybridized carbons (Fsp3) is 0.526. The topological polar surface area (TPSA) is 85.7 Å². The standard InChI is InChI=1S/C19H26N4O4.ClH/c1-13-11-20-6-8-23(13)18(24)5-4-7-22-12-21-15-10-17(27-3)16(26-2)9-14(15)19(22)25;/h9-10,12-13,20H,4-8,11H2,1-3H3;1H. The Balaban J connectivity index is 0.00000280. The van der Waals surface area contributed by atoms with Gasteiger partial charge in [0.05, 0.1) is 31.4 Å². The molecule has 1 atom stereocenters. The van der Waals surface area contributed by atoms with E-state index in [0.717, 1.165) is 19.6 Å². The minimum atomic E-state index is -0.149. The first-order chi connectivity index (χ1) is 13.0. The lowest BCUT2D eigenvalue weighted by molar-refractivity contribution is -0.134. The number of amides is 1. The number of rotatable bonds is 6. The quantitative estimate of drug-likeness (QED) is 0.775. The molecular weight excluding hydrogens is 384 g/mol. The Morgan fingerprint density at radius 1 is 1.29 bits per heavy atom. The molecule has 9 heteroatoms. The van der Waals surface area contributed by atoms with Gasteiger partial charge in [-0.05, 0) is 19.4 Å². The highest BCUT2D eigenvalue weighted by atomic mass is 35.5. The second-order valence-corrected chi connectivity index (χ2v) is 6.71. The maximum Gasteiger partial charge on any atom is 0.261 e. The molecule has 1 N–H and O–H groups in total. The Hall–Kier alpha value is -2.32. The van der Waals surface area contributed by atoms with Crippen LogP contribution in [-0.4, -0.2) is 60.3 Å². The van der Waals surface area contributed by atoms with Gasteiger partial charge in [-0.25, -0.2) is 4.98 Å². The molecule has 2 aromatic rings. The number of aromatic nitrogens is 2. The van der Waals surface area contributed by atoms with Gasteiger partial charge in [0.1, 0.15) is 0 Å². The van der Waals surface area contributed by atoms with Crippen LogP contribution in [0.1, 0.15) is 19.8 Å². The van der Waals surface area contributed by atoms with Crippen LogP contribution in [0.15, 0.2) is 23.3 Å². The van der Waals surface area contributed by atoms with Crippen LogP contribution in [0.2, 0.25) is 0 Å². The van der Waals surface area contributed by atoms with Gasteiger partial charge in [0, 0.05) is 44.7 Å². The van der Waals surface area contributed by atoms with Crippen LogP contribution in [0, 0.1) is 0 Å². The molecular formula is C19H27ClN4O4. The van der Waals surface area contributed by atoms with E-state index in [2.05, 4.69) is 10.3 Å². The van der Waals surface area contributed by atoms with Crippen LogP contribution < -0.4 is 20.3 Å². The molecule has 154 valence electrons. The first-order valence-corrected chi connectivity index (χ1v) is 9.16. The highest BCUT2D eigenvalue weighted by Crippen LogP contribution is 2.29. The minimum absolute atomic E-state index is 0. The van der Waals surface area contributed by atoms with Gasteiger partial charge < -0.3 is 19.7 Å².